The highest BCUT2D eigenvalue weighted by molar-refractivity contribution is 5.47. The Morgan fingerprint density at radius 1 is 1.28 bits per heavy atom. The second-order valence-electron chi connectivity index (χ2n) is 3.65. The van der Waals surface area contributed by atoms with Crippen LogP contribution in [-0.4, -0.2) is 36.0 Å². The van der Waals surface area contributed by atoms with E-state index in [1.165, 1.54) is 0 Å². The highest BCUT2D eigenvalue weighted by atomic mass is 19.3. The van der Waals surface area contributed by atoms with Crippen molar-refractivity contribution >= 4 is 5.82 Å². The van der Waals surface area contributed by atoms with Crippen LogP contribution in [0.1, 0.15) is 11.4 Å². The summed E-state index contributed by atoms with van der Waals surface area (Å²) in [7, 11) is 1.59. The normalized spacial score (nSPS) is 11.8. The minimum Gasteiger partial charge on any atom is -0.471 e. The van der Waals surface area contributed by atoms with E-state index < -0.39 is 19.0 Å². The first-order valence-corrected chi connectivity index (χ1v) is 5.09. The van der Waals surface area contributed by atoms with Crippen molar-refractivity contribution in [3.8, 4) is 5.88 Å². The number of nitrogens with zero attached hydrogens (tertiary/aromatic N) is 2. The van der Waals surface area contributed by atoms with Gasteiger partial charge in [0.2, 0.25) is 5.88 Å². The van der Waals surface area contributed by atoms with Gasteiger partial charge in [-0.15, -0.1) is 0 Å². The molecule has 0 saturated heterocycles. The summed E-state index contributed by atoms with van der Waals surface area (Å²) in [5, 5.41) is 2.73. The monoisotopic (exact) mass is 267 g/mol. The van der Waals surface area contributed by atoms with Gasteiger partial charge in [0.1, 0.15) is 11.6 Å². The van der Waals surface area contributed by atoms with Crippen LogP contribution in [-0.2, 0) is 0 Å². The van der Waals surface area contributed by atoms with Crippen LogP contribution in [0.5, 0.6) is 5.88 Å². The Morgan fingerprint density at radius 3 is 2.39 bits per heavy atom. The lowest BCUT2D eigenvalue weighted by atomic mass is 10.3. The first-order valence-electron chi connectivity index (χ1n) is 5.09. The number of aromatic nitrogens is 2. The molecule has 8 heteroatoms. The number of rotatable bonds is 5. The Hall–Kier alpha value is -1.60. The van der Waals surface area contributed by atoms with Crippen LogP contribution < -0.4 is 10.1 Å². The molecule has 0 aromatic carbocycles. The maximum absolute atomic E-state index is 12.7. The lowest BCUT2D eigenvalue weighted by molar-refractivity contribution is -0.148. The van der Waals surface area contributed by atoms with Crippen LogP contribution in [0.25, 0.3) is 0 Å². The van der Waals surface area contributed by atoms with Crippen LogP contribution in [0.4, 0.5) is 23.4 Å². The van der Waals surface area contributed by atoms with E-state index in [9.17, 15) is 17.6 Å². The van der Waals surface area contributed by atoms with E-state index in [4.69, 9.17) is 0 Å². The molecule has 0 fully saturated rings. The smallest absolute Gasteiger partial charge is 0.340 e. The summed E-state index contributed by atoms with van der Waals surface area (Å²) in [5.41, 5.74) is 0.383. The molecule has 1 heterocycles. The van der Waals surface area contributed by atoms with Crippen molar-refractivity contribution < 1.29 is 22.3 Å². The Bertz CT molecular complexity index is 426. The van der Waals surface area contributed by atoms with Gasteiger partial charge in [0.25, 0.3) is 0 Å². The van der Waals surface area contributed by atoms with Gasteiger partial charge >= 0.3 is 12.3 Å². The molecule has 0 aliphatic carbocycles. The summed E-state index contributed by atoms with van der Waals surface area (Å²) in [6.45, 7) is 1.66. The van der Waals surface area contributed by atoms with Crippen molar-refractivity contribution in [3.05, 3.63) is 11.4 Å². The summed E-state index contributed by atoms with van der Waals surface area (Å²) < 4.78 is 54.0. The zero-order valence-electron chi connectivity index (χ0n) is 10.1. The molecular formula is C10H13F4N3O. The molecule has 18 heavy (non-hydrogen) atoms. The molecule has 1 aromatic rings. The number of hydrogen-bond donors (Lipinski definition) is 1. The summed E-state index contributed by atoms with van der Waals surface area (Å²) in [6.07, 6.45) is -3.77. The molecule has 0 unspecified atom stereocenters. The molecule has 4 nitrogen and oxygen atoms in total. The molecule has 1 N–H and O–H groups in total. The average molecular weight is 267 g/mol. The third-order valence-corrected chi connectivity index (χ3v) is 2.17. The Morgan fingerprint density at radius 2 is 1.89 bits per heavy atom. The van der Waals surface area contributed by atoms with E-state index in [2.05, 4.69) is 20.0 Å². The van der Waals surface area contributed by atoms with Crippen LogP contribution in [0.2, 0.25) is 0 Å². The standard InChI is InChI=1S/C10H13F4N3O/c1-5-7(15-3)16-6(2)17-8(5)18-4-10(13,14)9(11)12/h9H,4H2,1-3H3,(H,15,16,17). The number of anilines is 1. The fourth-order valence-electron chi connectivity index (χ4n) is 1.21. The van der Waals surface area contributed by atoms with E-state index in [0.29, 0.717) is 17.2 Å². The maximum atomic E-state index is 12.7. The van der Waals surface area contributed by atoms with Crippen LogP contribution in [0, 0.1) is 13.8 Å². The number of alkyl halides is 4. The third kappa shape index (κ3) is 3.21. The van der Waals surface area contributed by atoms with E-state index in [1.54, 1.807) is 20.9 Å². The predicted octanol–water partition coefficient (Wildman–Crippen LogP) is 2.41. The summed E-state index contributed by atoms with van der Waals surface area (Å²) >= 11 is 0. The minimum absolute atomic E-state index is 0.132. The van der Waals surface area contributed by atoms with Gasteiger partial charge in [0.05, 0.1) is 5.56 Å². The molecule has 0 bridgehead atoms. The summed E-state index contributed by atoms with van der Waals surface area (Å²) in [4.78, 5) is 7.79. The lowest BCUT2D eigenvalue weighted by Gasteiger charge is -2.17. The minimum atomic E-state index is -4.20. The maximum Gasteiger partial charge on any atom is 0.340 e. The van der Waals surface area contributed by atoms with Crippen molar-refractivity contribution in [2.75, 3.05) is 19.0 Å². The lowest BCUT2D eigenvalue weighted by Crippen LogP contribution is -2.34. The van der Waals surface area contributed by atoms with Gasteiger partial charge in [0.15, 0.2) is 6.61 Å². The molecule has 0 amide bonds. The fraction of sp³-hybridized carbons (Fsp3) is 0.600. The quantitative estimate of drug-likeness (QED) is 0.832. The van der Waals surface area contributed by atoms with E-state index in [0.717, 1.165) is 0 Å². The first-order chi connectivity index (χ1) is 8.27. The van der Waals surface area contributed by atoms with Gasteiger partial charge in [-0.05, 0) is 13.8 Å². The highest BCUT2D eigenvalue weighted by Crippen LogP contribution is 2.26. The van der Waals surface area contributed by atoms with Crippen molar-refractivity contribution in [2.45, 2.75) is 26.2 Å². The molecule has 0 atom stereocenters. The molecule has 1 aromatic heterocycles. The van der Waals surface area contributed by atoms with E-state index >= 15 is 0 Å². The number of halogens is 4. The fourth-order valence-corrected chi connectivity index (χ4v) is 1.21. The summed E-state index contributed by atoms with van der Waals surface area (Å²) in [6, 6.07) is 0. The topological polar surface area (TPSA) is 47.0 Å². The number of hydrogen-bond acceptors (Lipinski definition) is 4. The van der Waals surface area contributed by atoms with Crippen LogP contribution >= 0.6 is 0 Å². The number of aryl methyl sites for hydroxylation is 1. The van der Waals surface area contributed by atoms with Gasteiger partial charge < -0.3 is 10.1 Å². The average Bonchev–Trinajstić information content (AvgIpc) is 2.29. The van der Waals surface area contributed by atoms with Crippen molar-refractivity contribution in [3.63, 3.8) is 0 Å². The molecule has 0 spiro atoms. The molecule has 0 saturated carbocycles. The Kier molecular flexibility index (Phi) is 4.31. The number of ether oxygens (including phenoxy) is 1. The van der Waals surface area contributed by atoms with Gasteiger partial charge in [-0.2, -0.15) is 13.8 Å². The first kappa shape index (κ1) is 14.5. The Labute approximate surface area is 101 Å². The van der Waals surface area contributed by atoms with Crippen molar-refractivity contribution in [2.24, 2.45) is 0 Å². The highest BCUT2D eigenvalue weighted by Gasteiger charge is 2.42. The summed E-state index contributed by atoms with van der Waals surface area (Å²) in [5.74, 6) is -3.64. The van der Waals surface area contributed by atoms with Crippen LogP contribution in [0.3, 0.4) is 0 Å². The molecule has 0 aliphatic heterocycles. The zero-order chi connectivity index (χ0) is 13.9. The van der Waals surface area contributed by atoms with Gasteiger partial charge in [-0.3, -0.25) is 0 Å². The second kappa shape index (κ2) is 5.36. The largest absolute Gasteiger partial charge is 0.471 e. The molecule has 0 radical (unpaired) electrons. The zero-order valence-corrected chi connectivity index (χ0v) is 10.1. The third-order valence-electron chi connectivity index (χ3n) is 2.17. The number of nitrogens with one attached hydrogen (secondary N) is 1. The molecule has 102 valence electrons. The SMILES string of the molecule is CNc1nc(C)nc(OCC(F)(F)C(F)F)c1C. The second-order valence-corrected chi connectivity index (χ2v) is 3.65. The van der Waals surface area contributed by atoms with E-state index in [1.807, 2.05) is 0 Å². The molecule has 0 aliphatic rings. The van der Waals surface area contributed by atoms with Crippen LogP contribution in [0.15, 0.2) is 0 Å². The predicted molar refractivity (Wildman–Crippen MR) is 57.5 cm³/mol. The van der Waals surface area contributed by atoms with Gasteiger partial charge in [-0.1, -0.05) is 0 Å². The van der Waals surface area contributed by atoms with Gasteiger partial charge in [-0.25, -0.2) is 13.8 Å². The Balaban J connectivity index is 2.89. The van der Waals surface area contributed by atoms with Gasteiger partial charge in [0, 0.05) is 7.05 Å². The van der Waals surface area contributed by atoms with Crippen molar-refractivity contribution in [1.82, 2.24) is 9.97 Å². The van der Waals surface area contributed by atoms with Crippen molar-refractivity contribution in [1.29, 1.82) is 0 Å². The molecular weight excluding hydrogens is 254 g/mol. The van der Waals surface area contributed by atoms with E-state index in [-0.39, 0.29) is 5.88 Å². The molecule has 1 rings (SSSR count).